The molecule has 0 aromatic carbocycles. The second kappa shape index (κ2) is 5.48. The van der Waals surface area contributed by atoms with E-state index >= 15 is 0 Å². The highest BCUT2D eigenvalue weighted by molar-refractivity contribution is 4.99. The van der Waals surface area contributed by atoms with E-state index in [1.165, 1.54) is 19.3 Å². The van der Waals surface area contributed by atoms with Crippen molar-refractivity contribution in [2.75, 3.05) is 19.8 Å². The summed E-state index contributed by atoms with van der Waals surface area (Å²) in [5, 5.41) is 13.5. The third-order valence-corrected chi connectivity index (χ3v) is 5.04. The maximum atomic E-state index is 9.85. The van der Waals surface area contributed by atoms with Gasteiger partial charge in [0.1, 0.15) is 0 Å². The molecule has 2 fully saturated rings. The van der Waals surface area contributed by atoms with Gasteiger partial charge in [-0.15, -0.1) is 0 Å². The van der Waals surface area contributed by atoms with Crippen molar-refractivity contribution in [2.24, 2.45) is 11.3 Å². The maximum Gasteiger partial charge on any atom is 0.0700 e. The van der Waals surface area contributed by atoms with Crippen molar-refractivity contribution in [3.63, 3.8) is 0 Å². The third kappa shape index (κ3) is 3.06. The SMILES string of the molecule is CC1CC(C)(C)CCC1(CO)NCC1CCCO1. The van der Waals surface area contributed by atoms with E-state index in [9.17, 15) is 5.11 Å². The van der Waals surface area contributed by atoms with E-state index in [1.807, 2.05) is 0 Å². The van der Waals surface area contributed by atoms with Gasteiger partial charge >= 0.3 is 0 Å². The Labute approximate surface area is 111 Å². The van der Waals surface area contributed by atoms with Gasteiger partial charge in [0.2, 0.25) is 0 Å². The lowest BCUT2D eigenvalue weighted by Gasteiger charge is -2.48. The number of hydrogen-bond donors (Lipinski definition) is 2. The predicted octanol–water partition coefficient (Wildman–Crippen LogP) is 2.33. The van der Waals surface area contributed by atoms with E-state index in [2.05, 4.69) is 26.1 Å². The van der Waals surface area contributed by atoms with E-state index in [0.717, 1.165) is 26.0 Å². The van der Waals surface area contributed by atoms with Crippen LogP contribution in [0.4, 0.5) is 0 Å². The molecule has 3 atom stereocenters. The molecule has 1 heterocycles. The highest BCUT2D eigenvalue weighted by Crippen LogP contribution is 2.43. The van der Waals surface area contributed by atoms with Crippen LogP contribution in [-0.2, 0) is 4.74 Å². The second-order valence-corrected chi connectivity index (χ2v) is 7.10. The Kier molecular flexibility index (Phi) is 4.35. The standard InChI is InChI=1S/C15H29NO2/c1-12-9-14(2,3)6-7-15(12,11-17)16-10-13-5-4-8-18-13/h12-13,16-17H,4-11H2,1-3H3. The summed E-state index contributed by atoms with van der Waals surface area (Å²) in [6.07, 6.45) is 6.15. The average Bonchev–Trinajstić information content (AvgIpc) is 2.81. The second-order valence-electron chi connectivity index (χ2n) is 7.10. The molecule has 0 bridgehead atoms. The van der Waals surface area contributed by atoms with E-state index in [1.54, 1.807) is 0 Å². The van der Waals surface area contributed by atoms with Gasteiger partial charge in [-0.3, -0.25) is 0 Å². The van der Waals surface area contributed by atoms with Crippen molar-refractivity contribution in [3.8, 4) is 0 Å². The molecular weight excluding hydrogens is 226 g/mol. The van der Waals surface area contributed by atoms with Crippen molar-refractivity contribution in [2.45, 2.75) is 64.5 Å². The lowest BCUT2D eigenvalue weighted by Crippen LogP contribution is -2.58. The summed E-state index contributed by atoms with van der Waals surface area (Å²) in [6, 6.07) is 0. The topological polar surface area (TPSA) is 41.5 Å². The predicted molar refractivity (Wildman–Crippen MR) is 73.6 cm³/mol. The molecule has 106 valence electrons. The first-order chi connectivity index (χ1) is 8.47. The van der Waals surface area contributed by atoms with Gasteiger partial charge in [-0.2, -0.15) is 0 Å². The first kappa shape index (κ1) is 14.3. The van der Waals surface area contributed by atoms with Gasteiger partial charge in [0.25, 0.3) is 0 Å². The van der Waals surface area contributed by atoms with E-state index in [4.69, 9.17) is 4.74 Å². The molecular formula is C15H29NO2. The van der Waals surface area contributed by atoms with Crippen LogP contribution in [0.3, 0.4) is 0 Å². The summed E-state index contributed by atoms with van der Waals surface area (Å²) in [5.74, 6) is 0.521. The lowest BCUT2D eigenvalue weighted by atomic mass is 9.64. The quantitative estimate of drug-likeness (QED) is 0.810. The average molecular weight is 255 g/mol. The highest BCUT2D eigenvalue weighted by atomic mass is 16.5. The minimum atomic E-state index is -0.0819. The largest absolute Gasteiger partial charge is 0.394 e. The molecule has 0 spiro atoms. The zero-order chi connectivity index (χ0) is 13.2. The molecule has 0 radical (unpaired) electrons. The van der Waals surface area contributed by atoms with Crippen LogP contribution in [0.15, 0.2) is 0 Å². The molecule has 2 rings (SSSR count). The molecule has 1 saturated heterocycles. The summed E-state index contributed by atoms with van der Waals surface area (Å²) >= 11 is 0. The Morgan fingerprint density at radius 1 is 1.33 bits per heavy atom. The molecule has 1 saturated carbocycles. The zero-order valence-electron chi connectivity index (χ0n) is 12.2. The van der Waals surface area contributed by atoms with Crippen LogP contribution in [0.1, 0.15) is 52.9 Å². The van der Waals surface area contributed by atoms with Crippen molar-refractivity contribution < 1.29 is 9.84 Å². The number of nitrogens with one attached hydrogen (secondary N) is 1. The summed E-state index contributed by atoms with van der Waals surface area (Å²) < 4.78 is 5.67. The molecule has 3 nitrogen and oxygen atoms in total. The van der Waals surface area contributed by atoms with Gasteiger partial charge < -0.3 is 15.2 Å². The van der Waals surface area contributed by atoms with Crippen molar-refractivity contribution in [1.29, 1.82) is 0 Å². The molecule has 3 unspecified atom stereocenters. The number of aliphatic hydroxyl groups excluding tert-OH is 1. The van der Waals surface area contributed by atoms with Gasteiger partial charge in [-0.1, -0.05) is 20.8 Å². The van der Waals surface area contributed by atoms with Crippen molar-refractivity contribution in [1.82, 2.24) is 5.32 Å². The maximum absolute atomic E-state index is 9.85. The number of ether oxygens (including phenoxy) is 1. The van der Waals surface area contributed by atoms with Crippen LogP contribution in [0, 0.1) is 11.3 Å². The van der Waals surface area contributed by atoms with Crippen LogP contribution in [0.5, 0.6) is 0 Å². The molecule has 1 aliphatic heterocycles. The molecule has 0 aromatic rings. The molecule has 18 heavy (non-hydrogen) atoms. The number of aliphatic hydroxyl groups is 1. The fraction of sp³-hybridized carbons (Fsp3) is 1.00. The number of hydrogen-bond acceptors (Lipinski definition) is 3. The van der Waals surface area contributed by atoms with Gasteiger partial charge in [0.05, 0.1) is 12.7 Å². The summed E-state index contributed by atoms with van der Waals surface area (Å²) in [6.45, 7) is 9.00. The lowest BCUT2D eigenvalue weighted by molar-refractivity contribution is 0.0150. The molecule has 0 aromatic heterocycles. The van der Waals surface area contributed by atoms with Gasteiger partial charge in [-0.05, 0) is 43.4 Å². The molecule has 2 aliphatic rings. The Bertz CT molecular complexity index is 274. The number of rotatable bonds is 4. The summed E-state index contributed by atoms with van der Waals surface area (Å²) in [5.41, 5.74) is 0.338. The van der Waals surface area contributed by atoms with Crippen LogP contribution < -0.4 is 5.32 Å². The summed E-state index contributed by atoms with van der Waals surface area (Å²) in [4.78, 5) is 0. The Hall–Kier alpha value is -0.120. The van der Waals surface area contributed by atoms with Crippen LogP contribution in [-0.4, -0.2) is 36.5 Å². The monoisotopic (exact) mass is 255 g/mol. The third-order valence-electron chi connectivity index (χ3n) is 5.04. The van der Waals surface area contributed by atoms with Crippen LogP contribution >= 0.6 is 0 Å². The minimum absolute atomic E-state index is 0.0819. The molecule has 3 heteroatoms. The summed E-state index contributed by atoms with van der Waals surface area (Å²) in [7, 11) is 0. The highest BCUT2D eigenvalue weighted by Gasteiger charge is 2.43. The Balaban J connectivity index is 1.93. The minimum Gasteiger partial charge on any atom is -0.394 e. The zero-order valence-corrected chi connectivity index (χ0v) is 12.2. The molecule has 1 aliphatic carbocycles. The first-order valence-electron chi connectivity index (χ1n) is 7.45. The Morgan fingerprint density at radius 2 is 2.11 bits per heavy atom. The Morgan fingerprint density at radius 3 is 2.67 bits per heavy atom. The fourth-order valence-electron chi connectivity index (χ4n) is 3.61. The first-order valence-corrected chi connectivity index (χ1v) is 7.45. The van der Waals surface area contributed by atoms with Crippen molar-refractivity contribution >= 4 is 0 Å². The van der Waals surface area contributed by atoms with Crippen LogP contribution in [0.2, 0.25) is 0 Å². The molecule has 2 N–H and O–H groups in total. The van der Waals surface area contributed by atoms with Gasteiger partial charge in [0, 0.05) is 18.7 Å². The van der Waals surface area contributed by atoms with Crippen LogP contribution in [0.25, 0.3) is 0 Å². The molecule has 0 amide bonds. The smallest absolute Gasteiger partial charge is 0.0700 e. The van der Waals surface area contributed by atoms with Gasteiger partial charge in [-0.25, -0.2) is 0 Å². The normalized spacial score (nSPS) is 40.0. The van der Waals surface area contributed by atoms with E-state index in [0.29, 0.717) is 17.4 Å². The van der Waals surface area contributed by atoms with E-state index < -0.39 is 0 Å². The van der Waals surface area contributed by atoms with E-state index in [-0.39, 0.29) is 12.1 Å². The van der Waals surface area contributed by atoms with Crippen molar-refractivity contribution in [3.05, 3.63) is 0 Å². The fourth-order valence-corrected chi connectivity index (χ4v) is 3.61. The van der Waals surface area contributed by atoms with Gasteiger partial charge in [0.15, 0.2) is 0 Å².